The standard InChI is InChI=1S/C22H16FN3O/c23-17-8-4-7-16(11-17)22(15-5-2-1-3-6-15)10-9-18-19(12-22)25-26-21(18)20-13-27-14-24-20/h1-11,13-14H,12H2,(H,25,26). The van der Waals surface area contributed by atoms with Gasteiger partial charge < -0.3 is 4.42 Å². The van der Waals surface area contributed by atoms with Gasteiger partial charge in [-0.1, -0.05) is 54.6 Å². The number of allylic oxidation sites excluding steroid dienone is 1. The Morgan fingerprint density at radius 1 is 1.04 bits per heavy atom. The van der Waals surface area contributed by atoms with Crippen LogP contribution in [-0.2, 0) is 11.8 Å². The zero-order valence-electron chi connectivity index (χ0n) is 14.4. The largest absolute Gasteiger partial charge is 0.451 e. The van der Waals surface area contributed by atoms with Gasteiger partial charge in [-0.3, -0.25) is 5.10 Å². The lowest BCUT2D eigenvalue weighted by Crippen LogP contribution is -2.30. The molecule has 1 N–H and O–H groups in total. The highest BCUT2D eigenvalue weighted by Crippen LogP contribution is 2.42. The normalized spacial score (nSPS) is 18.4. The molecule has 0 bridgehead atoms. The molecule has 0 saturated carbocycles. The van der Waals surface area contributed by atoms with Gasteiger partial charge in [0.15, 0.2) is 6.39 Å². The molecule has 0 radical (unpaired) electrons. The molecule has 2 aromatic carbocycles. The molecule has 1 unspecified atom stereocenters. The van der Waals surface area contributed by atoms with Crippen LogP contribution < -0.4 is 0 Å². The number of fused-ring (bicyclic) bond motifs is 1. The van der Waals surface area contributed by atoms with Crippen LogP contribution in [0.5, 0.6) is 0 Å². The Hall–Kier alpha value is -3.47. The van der Waals surface area contributed by atoms with Crippen molar-refractivity contribution in [3.8, 4) is 11.4 Å². The number of aromatic amines is 1. The van der Waals surface area contributed by atoms with Crippen LogP contribution in [-0.4, -0.2) is 15.2 Å². The highest BCUT2D eigenvalue weighted by molar-refractivity contribution is 5.74. The summed E-state index contributed by atoms with van der Waals surface area (Å²) in [6.45, 7) is 0. The number of rotatable bonds is 3. The van der Waals surface area contributed by atoms with E-state index in [2.05, 4.69) is 33.4 Å². The van der Waals surface area contributed by atoms with Gasteiger partial charge in [-0.25, -0.2) is 9.37 Å². The molecular formula is C22H16FN3O. The number of halogens is 1. The monoisotopic (exact) mass is 357 g/mol. The van der Waals surface area contributed by atoms with Gasteiger partial charge in [0.2, 0.25) is 0 Å². The Labute approximate surface area is 155 Å². The van der Waals surface area contributed by atoms with E-state index in [0.717, 1.165) is 28.1 Å². The van der Waals surface area contributed by atoms with Crippen molar-refractivity contribution in [2.45, 2.75) is 11.8 Å². The number of hydrogen-bond acceptors (Lipinski definition) is 3. The molecule has 27 heavy (non-hydrogen) atoms. The molecule has 2 heterocycles. The van der Waals surface area contributed by atoms with Crippen molar-refractivity contribution in [3.05, 3.63) is 102 Å². The van der Waals surface area contributed by atoms with Crippen molar-refractivity contribution in [3.63, 3.8) is 0 Å². The first-order chi connectivity index (χ1) is 13.3. The molecule has 5 heteroatoms. The maximum atomic E-state index is 14.0. The SMILES string of the molecule is Fc1cccc(C2(c3ccccc3)C=Cc3c(-c4cocn4)n[nH]c3C2)c1. The van der Waals surface area contributed by atoms with Crippen LogP contribution >= 0.6 is 0 Å². The second-order valence-electron chi connectivity index (χ2n) is 6.70. The molecule has 1 aliphatic carbocycles. The molecule has 4 aromatic rings. The van der Waals surface area contributed by atoms with E-state index in [0.29, 0.717) is 12.1 Å². The average Bonchev–Trinajstić information content (AvgIpc) is 3.37. The van der Waals surface area contributed by atoms with Gasteiger partial charge in [0.1, 0.15) is 23.5 Å². The molecule has 0 amide bonds. The van der Waals surface area contributed by atoms with E-state index < -0.39 is 5.41 Å². The third-order valence-electron chi connectivity index (χ3n) is 5.18. The summed E-state index contributed by atoms with van der Waals surface area (Å²) in [5, 5.41) is 7.58. The summed E-state index contributed by atoms with van der Waals surface area (Å²) in [5.74, 6) is -0.241. The molecule has 4 nitrogen and oxygen atoms in total. The summed E-state index contributed by atoms with van der Waals surface area (Å²) in [6, 6.07) is 17.0. The fourth-order valence-electron chi connectivity index (χ4n) is 3.85. The first-order valence-electron chi connectivity index (χ1n) is 8.73. The Bertz CT molecular complexity index is 1120. The van der Waals surface area contributed by atoms with Gasteiger partial charge in [0.05, 0.1) is 0 Å². The summed E-state index contributed by atoms with van der Waals surface area (Å²) in [4.78, 5) is 4.20. The molecule has 1 aliphatic rings. The minimum Gasteiger partial charge on any atom is -0.451 e. The number of aromatic nitrogens is 3. The summed E-state index contributed by atoms with van der Waals surface area (Å²) in [6.07, 6.45) is 7.81. The zero-order valence-corrected chi connectivity index (χ0v) is 14.4. The van der Waals surface area contributed by atoms with Gasteiger partial charge in [0, 0.05) is 23.1 Å². The summed E-state index contributed by atoms with van der Waals surface area (Å²) in [7, 11) is 0. The van der Waals surface area contributed by atoms with Gasteiger partial charge >= 0.3 is 0 Å². The maximum Gasteiger partial charge on any atom is 0.181 e. The fourth-order valence-corrected chi connectivity index (χ4v) is 3.85. The van der Waals surface area contributed by atoms with Gasteiger partial charge in [-0.05, 0) is 23.3 Å². The topological polar surface area (TPSA) is 54.7 Å². The molecule has 5 rings (SSSR count). The van der Waals surface area contributed by atoms with Crippen molar-refractivity contribution in [2.24, 2.45) is 0 Å². The lowest BCUT2D eigenvalue weighted by Gasteiger charge is -2.34. The van der Waals surface area contributed by atoms with Crippen molar-refractivity contribution >= 4 is 6.08 Å². The molecule has 0 fully saturated rings. The van der Waals surface area contributed by atoms with Crippen molar-refractivity contribution < 1.29 is 8.81 Å². The first kappa shape index (κ1) is 15.8. The molecule has 0 spiro atoms. The van der Waals surface area contributed by atoms with Crippen LogP contribution in [0.4, 0.5) is 4.39 Å². The lowest BCUT2D eigenvalue weighted by atomic mass is 9.68. The van der Waals surface area contributed by atoms with Crippen molar-refractivity contribution in [2.75, 3.05) is 0 Å². The molecule has 0 aliphatic heterocycles. The van der Waals surface area contributed by atoms with Crippen LogP contribution in [0.3, 0.4) is 0 Å². The zero-order chi connectivity index (χ0) is 18.3. The predicted octanol–water partition coefficient (Wildman–Crippen LogP) is 4.76. The molecule has 1 atom stereocenters. The van der Waals surface area contributed by atoms with Gasteiger partial charge in [-0.2, -0.15) is 5.10 Å². The van der Waals surface area contributed by atoms with Crippen molar-refractivity contribution in [1.82, 2.24) is 15.2 Å². The quantitative estimate of drug-likeness (QED) is 0.575. The molecule has 2 aromatic heterocycles. The lowest BCUT2D eigenvalue weighted by molar-refractivity contribution is 0.558. The predicted molar refractivity (Wildman–Crippen MR) is 100 cm³/mol. The van der Waals surface area contributed by atoms with Crippen LogP contribution in [0.15, 0.2) is 77.7 Å². The number of nitrogens with one attached hydrogen (secondary N) is 1. The Morgan fingerprint density at radius 3 is 2.67 bits per heavy atom. The summed E-state index contributed by atoms with van der Waals surface area (Å²) in [5.41, 5.74) is 4.98. The Morgan fingerprint density at radius 2 is 1.89 bits per heavy atom. The molecule has 132 valence electrons. The number of H-pyrrole nitrogens is 1. The van der Waals surface area contributed by atoms with Crippen LogP contribution in [0.1, 0.15) is 22.4 Å². The number of nitrogens with zero attached hydrogens (tertiary/aromatic N) is 2. The summed E-state index contributed by atoms with van der Waals surface area (Å²) < 4.78 is 19.1. The Kier molecular flexibility index (Phi) is 3.53. The maximum absolute atomic E-state index is 14.0. The fraction of sp³-hybridized carbons (Fsp3) is 0.0909. The van der Waals surface area contributed by atoms with E-state index in [4.69, 9.17) is 4.42 Å². The Balaban J connectivity index is 1.68. The van der Waals surface area contributed by atoms with E-state index in [1.54, 1.807) is 18.4 Å². The van der Waals surface area contributed by atoms with E-state index in [-0.39, 0.29) is 5.82 Å². The van der Waals surface area contributed by atoms with Gasteiger partial charge in [0.25, 0.3) is 0 Å². The molecule has 0 saturated heterocycles. The van der Waals surface area contributed by atoms with E-state index in [1.807, 2.05) is 30.3 Å². The van der Waals surface area contributed by atoms with Gasteiger partial charge in [-0.15, -0.1) is 0 Å². The van der Waals surface area contributed by atoms with Crippen LogP contribution in [0, 0.1) is 5.82 Å². The van der Waals surface area contributed by atoms with E-state index in [9.17, 15) is 4.39 Å². The van der Waals surface area contributed by atoms with Crippen LogP contribution in [0.2, 0.25) is 0 Å². The molecular weight excluding hydrogens is 341 g/mol. The van der Waals surface area contributed by atoms with Crippen molar-refractivity contribution in [1.29, 1.82) is 0 Å². The smallest absolute Gasteiger partial charge is 0.181 e. The number of benzene rings is 2. The van der Waals surface area contributed by atoms with E-state index >= 15 is 0 Å². The second-order valence-corrected chi connectivity index (χ2v) is 6.70. The second kappa shape index (κ2) is 6.06. The first-order valence-corrected chi connectivity index (χ1v) is 8.73. The van der Waals surface area contributed by atoms with Crippen LogP contribution in [0.25, 0.3) is 17.5 Å². The highest BCUT2D eigenvalue weighted by Gasteiger charge is 2.37. The summed E-state index contributed by atoms with van der Waals surface area (Å²) >= 11 is 0. The number of oxazole rings is 1. The third kappa shape index (κ3) is 2.51. The highest BCUT2D eigenvalue weighted by atomic mass is 19.1. The number of hydrogen-bond donors (Lipinski definition) is 1. The average molecular weight is 357 g/mol. The minimum atomic E-state index is -0.468. The third-order valence-corrected chi connectivity index (χ3v) is 5.18. The minimum absolute atomic E-state index is 0.241. The van der Waals surface area contributed by atoms with E-state index in [1.165, 1.54) is 12.5 Å².